The molecule has 2 aromatic rings. The Balaban J connectivity index is 1.57. The number of methoxy groups -OCH3 is 1. The highest BCUT2D eigenvalue weighted by atomic mass is 35.5. The van der Waals surface area contributed by atoms with Gasteiger partial charge < -0.3 is 38.7 Å². The van der Waals surface area contributed by atoms with E-state index in [0.29, 0.717) is 24.2 Å². The van der Waals surface area contributed by atoms with Crippen molar-refractivity contribution >= 4 is 49.6 Å². The van der Waals surface area contributed by atoms with E-state index in [1.807, 2.05) is 0 Å². The van der Waals surface area contributed by atoms with Crippen LogP contribution in [0.3, 0.4) is 0 Å². The average Bonchev–Trinajstić information content (AvgIpc) is 3.37. The highest BCUT2D eigenvalue weighted by Crippen LogP contribution is 2.55. The molecule has 1 unspecified atom stereocenters. The van der Waals surface area contributed by atoms with Gasteiger partial charge in [-0.15, -0.1) is 0 Å². The molecule has 0 radical (unpaired) electrons. The summed E-state index contributed by atoms with van der Waals surface area (Å²) in [5.41, 5.74) is 0.235. The van der Waals surface area contributed by atoms with Crippen LogP contribution >= 0.6 is 26.8 Å². The molecule has 5 atom stereocenters. The number of esters is 1. The highest BCUT2D eigenvalue weighted by Gasteiger charge is 2.40. The fourth-order valence-corrected chi connectivity index (χ4v) is 7.14. The van der Waals surface area contributed by atoms with Crippen molar-refractivity contribution in [1.29, 1.82) is 0 Å². The molecular formula is C18H26ClN5O10P2. The van der Waals surface area contributed by atoms with Gasteiger partial charge in [-0.3, -0.25) is 9.13 Å². The number of halogens is 1. The Morgan fingerprint density at radius 3 is 2.72 bits per heavy atom. The van der Waals surface area contributed by atoms with Crippen LogP contribution in [0.15, 0.2) is 6.20 Å². The number of hydrogen-bond acceptors (Lipinski definition) is 11. The average molecular weight is 570 g/mol. The fourth-order valence-electron chi connectivity index (χ4n) is 4.39. The summed E-state index contributed by atoms with van der Waals surface area (Å²) < 4.78 is 39.7. The lowest BCUT2D eigenvalue weighted by atomic mass is 10.0. The van der Waals surface area contributed by atoms with Gasteiger partial charge in [0, 0.05) is 13.0 Å². The number of aliphatic hydroxyl groups is 1. The molecule has 0 aliphatic carbocycles. The first-order chi connectivity index (χ1) is 16.9. The van der Waals surface area contributed by atoms with Gasteiger partial charge in [0.25, 0.3) is 0 Å². The minimum Gasteiger partial charge on any atom is -0.467 e. The number of piperidine rings is 1. The minimum atomic E-state index is -4.78. The van der Waals surface area contributed by atoms with E-state index in [2.05, 4.69) is 15.1 Å². The number of hydrogen-bond donors (Lipinski definition) is 4. The molecular weight excluding hydrogens is 544 g/mol. The van der Waals surface area contributed by atoms with E-state index in [1.54, 1.807) is 4.90 Å². The van der Waals surface area contributed by atoms with Crippen LogP contribution in [0.2, 0.25) is 5.28 Å². The maximum absolute atomic E-state index is 12.4. The van der Waals surface area contributed by atoms with Crippen LogP contribution in [-0.4, -0.2) is 89.9 Å². The molecule has 0 saturated carbocycles. The summed E-state index contributed by atoms with van der Waals surface area (Å²) in [4.78, 5) is 50.2. The van der Waals surface area contributed by atoms with E-state index in [-0.39, 0.29) is 17.4 Å². The summed E-state index contributed by atoms with van der Waals surface area (Å²) in [7, 11) is -8.04. The third kappa shape index (κ3) is 6.07. The number of aromatic nitrogens is 4. The van der Waals surface area contributed by atoms with Crippen molar-refractivity contribution in [1.82, 2.24) is 19.7 Å². The molecule has 200 valence electrons. The lowest BCUT2D eigenvalue weighted by Gasteiger charge is -2.34. The van der Waals surface area contributed by atoms with Crippen molar-refractivity contribution in [3.8, 4) is 0 Å². The van der Waals surface area contributed by atoms with Crippen LogP contribution < -0.4 is 4.90 Å². The Morgan fingerprint density at radius 2 is 2.03 bits per heavy atom. The summed E-state index contributed by atoms with van der Waals surface area (Å²) in [5.74, 6) is -1.34. The van der Waals surface area contributed by atoms with Crippen molar-refractivity contribution in [2.45, 2.75) is 50.2 Å². The number of ether oxygens (including phenoxy) is 2. The molecule has 2 aliphatic rings. The molecule has 4 N–H and O–H groups in total. The van der Waals surface area contributed by atoms with Crippen LogP contribution in [-0.2, 0) is 27.9 Å². The number of carbonyl (C=O) groups is 1. The van der Waals surface area contributed by atoms with Crippen LogP contribution in [0.5, 0.6) is 0 Å². The second-order valence-corrected chi connectivity index (χ2v) is 12.9. The number of fused-ring (bicyclic) bond motifs is 1. The molecule has 36 heavy (non-hydrogen) atoms. The molecule has 0 amide bonds. The molecule has 15 nitrogen and oxygen atoms in total. The number of rotatable bonds is 8. The molecule has 4 heterocycles. The van der Waals surface area contributed by atoms with Crippen LogP contribution in [0.4, 0.5) is 5.82 Å². The monoisotopic (exact) mass is 569 g/mol. The van der Waals surface area contributed by atoms with Gasteiger partial charge in [0.15, 0.2) is 17.8 Å². The number of anilines is 1. The number of nitrogens with zero attached hydrogens (tertiary/aromatic N) is 5. The Labute approximate surface area is 210 Å². The molecule has 4 rings (SSSR count). The molecule has 0 spiro atoms. The van der Waals surface area contributed by atoms with Gasteiger partial charge in [0.1, 0.15) is 18.0 Å². The number of carbonyl (C=O) groups excluding carboxylic acids is 1. The van der Waals surface area contributed by atoms with Gasteiger partial charge in [0.2, 0.25) is 5.28 Å². The summed E-state index contributed by atoms with van der Waals surface area (Å²) in [6.45, 7) is 0.0430. The zero-order valence-electron chi connectivity index (χ0n) is 19.1. The molecule has 2 fully saturated rings. The number of aliphatic hydroxyl groups excluding tert-OH is 1. The standard InChI is InChI=1S/C18H26ClN5O10P2/c1-32-17(26)12-4-2-3-5-23(12)14-11-7-20-24(15(11)22-18(19)21-14)16-13(25)6-10(34-16)8-33-36(30,31)9-35(27,28)29/h7,10,12-13,16,25H,2-6,8-9H2,1H3,(H,30,31)(H2,27,28,29)/t10-,12+,13+,16+/m0/s1. The van der Waals surface area contributed by atoms with E-state index in [4.69, 9.17) is 35.4 Å². The van der Waals surface area contributed by atoms with Gasteiger partial charge in [-0.25, -0.2) is 9.48 Å². The summed E-state index contributed by atoms with van der Waals surface area (Å²) in [6.07, 6.45) is 0.655. The SMILES string of the molecule is COC(=O)[C@H]1CCCCN1c1nc(Cl)nc2c1cnn2[C@@H]1O[C@H](COP(=O)(O)CP(=O)(O)O)C[C@H]1O. The van der Waals surface area contributed by atoms with Crippen molar-refractivity contribution < 1.29 is 47.7 Å². The molecule has 0 aromatic carbocycles. The van der Waals surface area contributed by atoms with Crippen LogP contribution in [0.25, 0.3) is 11.0 Å². The highest BCUT2D eigenvalue weighted by molar-refractivity contribution is 7.70. The van der Waals surface area contributed by atoms with Gasteiger partial charge in [-0.05, 0) is 30.9 Å². The van der Waals surface area contributed by atoms with E-state index in [0.717, 1.165) is 12.8 Å². The minimum absolute atomic E-state index is 0.00978. The quantitative estimate of drug-likeness (QED) is 0.199. The van der Waals surface area contributed by atoms with E-state index < -0.39 is 58.1 Å². The zero-order chi connectivity index (χ0) is 26.3. The predicted octanol–water partition coefficient (Wildman–Crippen LogP) is 0.997. The van der Waals surface area contributed by atoms with E-state index in [9.17, 15) is 23.9 Å². The summed E-state index contributed by atoms with van der Waals surface area (Å²) >= 11 is 6.21. The molecule has 18 heteroatoms. The maximum atomic E-state index is 12.4. The Morgan fingerprint density at radius 1 is 1.28 bits per heavy atom. The van der Waals surface area contributed by atoms with Gasteiger partial charge in [0.05, 0.1) is 31.4 Å². The Hall–Kier alpha value is -1.67. The predicted molar refractivity (Wildman–Crippen MR) is 125 cm³/mol. The van der Waals surface area contributed by atoms with Crippen LogP contribution in [0.1, 0.15) is 31.9 Å². The van der Waals surface area contributed by atoms with Crippen molar-refractivity contribution in [2.75, 3.05) is 31.1 Å². The van der Waals surface area contributed by atoms with Gasteiger partial charge >= 0.3 is 21.2 Å². The molecule has 2 aliphatic heterocycles. The maximum Gasteiger partial charge on any atom is 0.340 e. The lowest BCUT2D eigenvalue weighted by Crippen LogP contribution is -2.46. The zero-order valence-corrected chi connectivity index (χ0v) is 21.6. The largest absolute Gasteiger partial charge is 0.467 e. The first kappa shape index (κ1) is 27.4. The molecule has 2 aromatic heterocycles. The summed E-state index contributed by atoms with van der Waals surface area (Å²) in [6, 6.07) is -0.557. The fraction of sp³-hybridized carbons (Fsp3) is 0.667. The summed E-state index contributed by atoms with van der Waals surface area (Å²) in [5, 5.41) is 15.2. The normalized spacial score (nSPS) is 26.8. The van der Waals surface area contributed by atoms with Crippen molar-refractivity contribution in [2.24, 2.45) is 0 Å². The van der Waals surface area contributed by atoms with Gasteiger partial charge in [-0.2, -0.15) is 15.1 Å². The smallest absolute Gasteiger partial charge is 0.340 e. The first-order valence-electron chi connectivity index (χ1n) is 11.0. The van der Waals surface area contributed by atoms with Crippen molar-refractivity contribution in [3.63, 3.8) is 0 Å². The third-order valence-electron chi connectivity index (χ3n) is 5.89. The van der Waals surface area contributed by atoms with Crippen LogP contribution in [0, 0.1) is 0 Å². The second kappa shape index (κ2) is 10.6. The van der Waals surface area contributed by atoms with Crippen molar-refractivity contribution in [3.05, 3.63) is 11.5 Å². The van der Waals surface area contributed by atoms with Gasteiger partial charge in [-0.1, -0.05) is 0 Å². The Bertz CT molecular complexity index is 1220. The third-order valence-corrected chi connectivity index (χ3v) is 9.51. The topological polar surface area (TPSA) is 207 Å². The molecule has 0 bridgehead atoms. The molecule has 2 saturated heterocycles. The van der Waals surface area contributed by atoms with E-state index in [1.165, 1.54) is 18.0 Å². The lowest BCUT2D eigenvalue weighted by molar-refractivity contribution is -0.142. The first-order valence-corrected chi connectivity index (χ1v) is 14.9. The second-order valence-electron chi connectivity index (χ2n) is 8.56. The van der Waals surface area contributed by atoms with E-state index >= 15 is 0 Å². The Kier molecular flexibility index (Phi) is 8.06.